The summed E-state index contributed by atoms with van der Waals surface area (Å²) >= 11 is 0. The highest BCUT2D eigenvalue weighted by atomic mass is 16.6. The van der Waals surface area contributed by atoms with E-state index in [4.69, 9.17) is 37.9 Å². The van der Waals surface area contributed by atoms with Crippen molar-refractivity contribution in [1.29, 1.82) is 0 Å². The molecule has 2 aliphatic rings. The first-order valence-corrected chi connectivity index (χ1v) is 24.6. The molecule has 370 valence electrons. The summed E-state index contributed by atoms with van der Waals surface area (Å²) in [6.45, 7) is 17.9. The summed E-state index contributed by atoms with van der Waals surface area (Å²) in [5, 5.41) is 21.9. The maximum atomic E-state index is 11.0. The average Bonchev–Trinajstić information content (AvgIpc) is 4.33. The van der Waals surface area contributed by atoms with Crippen molar-refractivity contribution in [1.82, 2.24) is 0 Å². The minimum Gasteiger partial charge on any atom is -0.491 e. The number of aliphatic hydroxyl groups excluding tert-OH is 2. The van der Waals surface area contributed by atoms with Crippen molar-refractivity contribution >= 4 is 0 Å². The molecule has 70 heavy (non-hydrogen) atoms. The standard InChI is InChI=1S/C60H70O10/c1-8-59(6,69-41-56-40-68-56)44-16-14-42(15-17-44)58(4,5)43-18-24-50(25-19-43)64-36-49(62)37-65-52-28-22-47(23-29-52)60(7,45-12-10-9-11-13-45)46-20-26-51(27-21-46)63-35-48(61)34-57(2,3)70-54-32-30-53(31-33-54)66-38-55-39-67-55/h9-33,48-49,55-56,61-62H,8,34-41H2,1-7H3. The fraction of sp³-hybridized carbons (Fsp3) is 0.400. The molecule has 0 aromatic heterocycles. The van der Waals surface area contributed by atoms with Gasteiger partial charge in [-0.3, -0.25) is 0 Å². The molecule has 8 rings (SSSR count). The second kappa shape index (κ2) is 22.0. The van der Waals surface area contributed by atoms with Crippen LogP contribution in [-0.4, -0.2) is 86.5 Å². The number of hydrogen-bond donors (Lipinski definition) is 2. The first kappa shape index (κ1) is 50.5. The zero-order valence-corrected chi connectivity index (χ0v) is 41.8. The van der Waals surface area contributed by atoms with Gasteiger partial charge in [-0.05, 0) is 128 Å². The number of epoxide rings is 2. The van der Waals surface area contributed by atoms with Crippen LogP contribution in [0.2, 0.25) is 0 Å². The molecule has 6 aromatic rings. The van der Waals surface area contributed by atoms with Crippen LogP contribution < -0.4 is 23.7 Å². The van der Waals surface area contributed by atoms with Gasteiger partial charge in [0.15, 0.2) is 0 Å². The minimum atomic E-state index is -0.836. The van der Waals surface area contributed by atoms with Gasteiger partial charge in [0.1, 0.15) is 79.1 Å². The normalized spacial score (nSPS) is 18.1. The Bertz CT molecular complexity index is 2540. The molecule has 0 radical (unpaired) electrons. The highest BCUT2D eigenvalue weighted by Crippen LogP contribution is 2.41. The largest absolute Gasteiger partial charge is 0.491 e. The molecule has 0 saturated carbocycles. The van der Waals surface area contributed by atoms with Crippen molar-refractivity contribution < 1.29 is 48.1 Å². The molecule has 2 heterocycles. The molecular formula is C60H70O10. The highest BCUT2D eigenvalue weighted by Gasteiger charge is 2.33. The molecule has 2 aliphatic heterocycles. The van der Waals surface area contributed by atoms with Crippen molar-refractivity contribution in [3.05, 3.63) is 185 Å². The maximum Gasteiger partial charge on any atom is 0.122 e. The van der Waals surface area contributed by atoms with Crippen LogP contribution in [0.3, 0.4) is 0 Å². The van der Waals surface area contributed by atoms with Gasteiger partial charge >= 0.3 is 0 Å². The van der Waals surface area contributed by atoms with Crippen molar-refractivity contribution in [2.75, 3.05) is 46.2 Å². The Balaban J connectivity index is 0.813. The number of aliphatic hydroxyl groups is 2. The van der Waals surface area contributed by atoms with E-state index in [0.29, 0.717) is 42.6 Å². The zero-order valence-electron chi connectivity index (χ0n) is 41.8. The summed E-state index contributed by atoms with van der Waals surface area (Å²) in [6.07, 6.45) is 0.0918. The Kier molecular flexibility index (Phi) is 15.9. The van der Waals surface area contributed by atoms with E-state index in [1.54, 1.807) is 0 Å². The van der Waals surface area contributed by atoms with Crippen molar-refractivity contribution in [3.8, 4) is 28.7 Å². The van der Waals surface area contributed by atoms with E-state index in [1.807, 2.05) is 80.6 Å². The van der Waals surface area contributed by atoms with Crippen LogP contribution >= 0.6 is 0 Å². The van der Waals surface area contributed by atoms with Crippen molar-refractivity contribution in [3.63, 3.8) is 0 Å². The monoisotopic (exact) mass is 950 g/mol. The van der Waals surface area contributed by atoms with Gasteiger partial charge in [-0.25, -0.2) is 0 Å². The van der Waals surface area contributed by atoms with Crippen LogP contribution in [0.4, 0.5) is 0 Å². The number of rotatable bonds is 26. The molecule has 0 amide bonds. The van der Waals surface area contributed by atoms with E-state index in [-0.39, 0.29) is 43.0 Å². The Hall–Kier alpha value is -5.88. The molecule has 0 bridgehead atoms. The van der Waals surface area contributed by atoms with Gasteiger partial charge in [0.05, 0.1) is 31.5 Å². The van der Waals surface area contributed by atoms with Gasteiger partial charge in [-0.1, -0.05) is 112 Å². The van der Waals surface area contributed by atoms with Crippen LogP contribution in [0.1, 0.15) is 94.7 Å². The van der Waals surface area contributed by atoms with E-state index in [1.165, 1.54) is 5.56 Å². The summed E-state index contributed by atoms with van der Waals surface area (Å²) in [6, 6.07) is 50.8. The molecule has 2 saturated heterocycles. The topological polar surface area (TPSA) is 121 Å². The van der Waals surface area contributed by atoms with Gasteiger partial charge in [-0.2, -0.15) is 0 Å². The van der Waals surface area contributed by atoms with Gasteiger partial charge in [0.2, 0.25) is 0 Å². The van der Waals surface area contributed by atoms with E-state index in [0.717, 1.165) is 53.2 Å². The molecule has 2 N–H and O–H groups in total. The van der Waals surface area contributed by atoms with Gasteiger partial charge in [0.25, 0.3) is 0 Å². The lowest BCUT2D eigenvalue weighted by atomic mass is 9.71. The van der Waals surface area contributed by atoms with Crippen LogP contribution in [0.15, 0.2) is 152 Å². The Morgan fingerprint density at radius 2 is 0.857 bits per heavy atom. The minimum absolute atomic E-state index is 0.0776. The van der Waals surface area contributed by atoms with Crippen LogP contribution in [-0.2, 0) is 30.6 Å². The zero-order chi connectivity index (χ0) is 49.4. The Morgan fingerprint density at radius 3 is 1.34 bits per heavy atom. The smallest absolute Gasteiger partial charge is 0.122 e. The van der Waals surface area contributed by atoms with Gasteiger partial charge in [0, 0.05) is 17.3 Å². The summed E-state index contributed by atoms with van der Waals surface area (Å²) < 4.78 is 47.0. The van der Waals surface area contributed by atoms with Crippen LogP contribution in [0.5, 0.6) is 28.7 Å². The van der Waals surface area contributed by atoms with Crippen molar-refractivity contribution in [2.45, 2.75) is 108 Å². The lowest BCUT2D eigenvalue weighted by molar-refractivity contribution is -0.0454. The van der Waals surface area contributed by atoms with E-state index in [9.17, 15) is 10.2 Å². The molecule has 0 spiro atoms. The first-order valence-electron chi connectivity index (χ1n) is 24.6. The molecule has 6 unspecified atom stereocenters. The predicted molar refractivity (Wildman–Crippen MR) is 273 cm³/mol. The third-order valence-corrected chi connectivity index (χ3v) is 13.8. The molecule has 6 atom stereocenters. The lowest BCUT2D eigenvalue weighted by Gasteiger charge is -2.32. The third kappa shape index (κ3) is 13.1. The third-order valence-electron chi connectivity index (χ3n) is 13.8. The Morgan fingerprint density at radius 1 is 0.471 bits per heavy atom. The predicted octanol–water partition coefficient (Wildman–Crippen LogP) is 11.0. The molecule has 10 nitrogen and oxygen atoms in total. The van der Waals surface area contributed by atoms with Crippen LogP contribution in [0, 0.1) is 0 Å². The molecule has 0 aliphatic carbocycles. The lowest BCUT2D eigenvalue weighted by Crippen LogP contribution is -2.35. The SMILES string of the molecule is CCC(C)(OCC1CO1)c1ccc(C(C)(C)c2ccc(OCC(O)COc3ccc(C(C)(c4ccccc4)c4ccc(OCC(O)CC(C)(C)Oc5ccc(OCC6CO6)cc5)cc4)cc3)cc2)cc1. The first-order chi connectivity index (χ1) is 33.6. The van der Waals surface area contributed by atoms with E-state index >= 15 is 0 Å². The summed E-state index contributed by atoms with van der Waals surface area (Å²) in [7, 11) is 0. The Labute approximate surface area is 414 Å². The maximum absolute atomic E-state index is 11.0. The summed E-state index contributed by atoms with van der Waals surface area (Å²) in [5.74, 6) is 3.46. The summed E-state index contributed by atoms with van der Waals surface area (Å²) in [5.41, 5.74) is 5.09. The number of hydrogen-bond acceptors (Lipinski definition) is 10. The number of ether oxygens (including phenoxy) is 8. The molecule has 6 aromatic carbocycles. The van der Waals surface area contributed by atoms with E-state index < -0.39 is 23.2 Å². The fourth-order valence-electron chi connectivity index (χ4n) is 8.81. The average molecular weight is 951 g/mol. The molecule has 2 fully saturated rings. The summed E-state index contributed by atoms with van der Waals surface area (Å²) in [4.78, 5) is 0. The van der Waals surface area contributed by atoms with Gasteiger partial charge in [-0.15, -0.1) is 0 Å². The van der Waals surface area contributed by atoms with Crippen molar-refractivity contribution in [2.24, 2.45) is 0 Å². The highest BCUT2D eigenvalue weighted by molar-refractivity contribution is 5.51. The van der Waals surface area contributed by atoms with Crippen LogP contribution in [0.25, 0.3) is 0 Å². The number of benzene rings is 6. The second-order valence-electron chi connectivity index (χ2n) is 20.2. The molecule has 10 heteroatoms. The van der Waals surface area contributed by atoms with Gasteiger partial charge < -0.3 is 48.1 Å². The fourth-order valence-corrected chi connectivity index (χ4v) is 8.81. The quantitative estimate of drug-likeness (QED) is 0.0402. The second-order valence-corrected chi connectivity index (χ2v) is 20.2. The van der Waals surface area contributed by atoms with E-state index in [2.05, 4.69) is 120 Å². The molecular weight excluding hydrogens is 881 g/mol.